The van der Waals surface area contributed by atoms with Crippen molar-refractivity contribution in [2.75, 3.05) is 0 Å². The van der Waals surface area contributed by atoms with Crippen LogP contribution in [-0.2, 0) is 0 Å². The molecular formula is C5H4Br2Se. The molecular weight excluding hydrogens is 299 g/mol. The molecule has 0 aliphatic heterocycles. The summed E-state index contributed by atoms with van der Waals surface area (Å²) >= 11 is 7.44. The summed E-state index contributed by atoms with van der Waals surface area (Å²) in [6.45, 7) is 2.11. The molecule has 0 saturated heterocycles. The average molecular weight is 303 g/mol. The molecule has 0 fully saturated rings. The van der Waals surface area contributed by atoms with E-state index in [9.17, 15) is 0 Å². The van der Waals surface area contributed by atoms with Crippen molar-refractivity contribution in [3.05, 3.63) is 18.3 Å². The minimum atomic E-state index is 0.532. The molecule has 44 valence electrons. The average Bonchev–Trinajstić information content (AvgIpc) is 1.85. The van der Waals surface area contributed by atoms with Crippen molar-refractivity contribution in [2.45, 2.75) is 6.92 Å². The maximum absolute atomic E-state index is 3.47. The fraction of sp³-hybridized carbons (Fsp3) is 0.200. The first-order chi connectivity index (χ1) is 3.70. The zero-order valence-electron chi connectivity index (χ0n) is 4.24. The van der Waals surface area contributed by atoms with Crippen LogP contribution in [-0.4, -0.2) is 14.5 Å². The van der Waals surface area contributed by atoms with Crippen molar-refractivity contribution < 1.29 is 0 Å². The molecule has 3 heteroatoms. The van der Waals surface area contributed by atoms with Gasteiger partial charge in [0.05, 0.1) is 0 Å². The summed E-state index contributed by atoms with van der Waals surface area (Å²) in [5.74, 6) is 0. The van der Waals surface area contributed by atoms with E-state index in [2.05, 4.69) is 44.8 Å². The molecule has 0 unspecified atom stereocenters. The monoisotopic (exact) mass is 302 g/mol. The molecule has 0 aliphatic carbocycles. The second kappa shape index (κ2) is 2.70. The van der Waals surface area contributed by atoms with Crippen molar-refractivity contribution >= 4 is 46.4 Å². The number of aryl methyl sites for hydroxylation is 1. The Bertz CT molecular complexity index is 173. The van der Waals surface area contributed by atoms with Crippen LogP contribution in [0, 0.1) is 6.92 Å². The van der Waals surface area contributed by atoms with Gasteiger partial charge in [0, 0.05) is 0 Å². The van der Waals surface area contributed by atoms with Gasteiger partial charge in [-0.05, 0) is 0 Å². The van der Waals surface area contributed by atoms with E-state index in [0.717, 1.165) is 0 Å². The predicted molar refractivity (Wildman–Crippen MR) is 43.5 cm³/mol. The van der Waals surface area contributed by atoms with E-state index in [-0.39, 0.29) is 0 Å². The van der Waals surface area contributed by atoms with Crippen LogP contribution < -0.4 is 0 Å². The van der Waals surface area contributed by atoms with E-state index < -0.39 is 0 Å². The van der Waals surface area contributed by atoms with Gasteiger partial charge in [-0.2, -0.15) is 0 Å². The van der Waals surface area contributed by atoms with Crippen molar-refractivity contribution in [1.82, 2.24) is 0 Å². The molecule has 0 atom stereocenters. The maximum atomic E-state index is 3.47. The topological polar surface area (TPSA) is 0 Å². The van der Waals surface area contributed by atoms with E-state index in [4.69, 9.17) is 0 Å². The van der Waals surface area contributed by atoms with Gasteiger partial charge in [0.25, 0.3) is 0 Å². The summed E-state index contributed by atoms with van der Waals surface area (Å²) in [4.78, 5) is 0. The van der Waals surface area contributed by atoms with Crippen molar-refractivity contribution in [2.24, 2.45) is 0 Å². The Hall–Kier alpha value is 0.959. The fourth-order valence-corrected chi connectivity index (χ4v) is 5.07. The Balaban J connectivity index is 3.14. The van der Waals surface area contributed by atoms with Crippen molar-refractivity contribution in [1.29, 1.82) is 0 Å². The van der Waals surface area contributed by atoms with E-state index in [1.807, 2.05) is 0 Å². The van der Waals surface area contributed by atoms with Crippen LogP contribution in [0.3, 0.4) is 0 Å². The van der Waals surface area contributed by atoms with Crippen molar-refractivity contribution in [3.63, 3.8) is 0 Å². The van der Waals surface area contributed by atoms with E-state index >= 15 is 0 Å². The SMILES string of the molecule is Cc1cc(Br)[se]c1Br. The van der Waals surface area contributed by atoms with Crippen LogP contribution in [0.25, 0.3) is 0 Å². The van der Waals surface area contributed by atoms with Crippen LogP contribution in [0.4, 0.5) is 0 Å². The molecule has 0 amide bonds. The standard InChI is InChI=1S/C5H4Br2Se/c1-3-2-4(6)8-5(3)7/h2H,1H3. The number of rotatable bonds is 0. The first-order valence-corrected chi connectivity index (χ1v) is 5.41. The molecule has 0 N–H and O–H groups in total. The van der Waals surface area contributed by atoms with Gasteiger partial charge < -0.3 is 0 Å². The third-order valence-electron chi connectivity index (χ3n) is 0.827. The third-order valence-corrected chi connectivity index (χ3v) is 5.07. The number of hydrogen-bond acceptors (Lipinski definition) is 0. The predicted octanol–water partition coefficient (Wildman–Crippen LogP) is 2.58. The van der Waals surface area contributed by atoms with Gasteiger partial charge in [-0.15, -0.1) is 0 Å². The number of hydrogen-bond donors (Lipinski definition) is 0. The summed E-state index contributed by atoms with van der Waals surface area (Å²) in [5, 5.41) is 0. The second-order valence-corrected chi connectivity index (χ2v) is 7.72. The third kappa shape index (κ3) is 1.47. The van der Waals surface area contributed by atoms with Gasteiger partial charge in [0.1, 0.15) is 0 Å². The summed E-state index contributed by atoms with van der Waals surface area (Å²) in [6.07, 6.45) is 0. The Morgan fingerprint density at radius 2 is 2.12 bits per heavy atom. The Morgan fingerprint density at radius 3 is 2.25 bits per heavy atom. The van der Waals surface area contributed by atoms with Gasteiger partial charge in [0.2, 0.25) is 0 Å². The first-order valence-electron chi connectivity index (χ1n) is 2.11. The molecule has 1 aromatic heterocycles. The summed E-state index contributed by atoms with van der Waals surface area (Å²) in [5.41, 5.74) is 1.36. The molecule has 0 aromatic carbocycles. The van der Waals surface area contributed by atoms with Crippen LogP contribution >= 0.6 is 31.9 Å². The molecule has 0 saturated carbocycles. The van der Waals surface area contributed by atoms with Gasteiger partial charge in [-0.1, -0.05) is 0 Å². The van der Waals surface area contributed by atoms with Crippen LogP contribution in [0.2, 0.25) is 0 Å². The van der Waals surface area contributed by atoms with Crippen LogP contribution in [0.5, 0.6) is 0 Å². The Kier molecular flexibility index (Phi) is 2.38. The molecule has 1 aromatic rings. The zero-order valence-corrected chi connectivity index (χ0v) is 9.13. The zero-order chi connectivity index (χ0) is 6.15. The first kappa shape index (κ1) is 7.07. The minimum absolute atomic E-state index is 0.532. The van der Waals surface area contributed by atoms with Crippen LogP contribution in [0.15, 0.2) is 12.8 Å². The Morgan fingerprint density at radius 1 is 1.50 bits per heavy atom. The van der Waals surface area contributed by atoms with Gasteiger partial charge in [-0.25, -0.2) is 0 Å². The molecule has 1 rings (SSSR count). The molecule has 1 heterocycles. The summed E-state index contributed by atoms with van der Waals surface area (Å²) < 4.78 is 2.69. The van der Waals surface area contributed by atoms with Gasteiger partial charge in [0.15, 0.2) is 0 Å². The van der Waals surface area contributed by atoms with E-state index in [1.165, 1.54) is 12.3 Å². The second-order valence-electron chi connectivity index (χ2n) is 1.51. The molecule has 0 aliphatic rings. The summed E-state index contributed by atoms with van der Waals surface area (Å²) in [6, 6.07) is 2.16. The normalized spacial score (nSPS) is 9.88. The van der Waals surface area contributed by atoms with E-state index in [1.54, 1.807) is 0 Å². The molecule has 0 bridgehead atoms. The van der Waals surface area contributed by atoms with Crippen LogP contribution in [0.1, 0.15) is 5.56 Å². The quantitative estimate of drug-likeness (QED) is 0.646. The van der Waals surface area contributed by atoms with Crippen molar-refractivity contribution in [3.8, 4) is 0 Å². The number of halogens is 2. The molecule has 8 heavy (non-hydrogen) atoms. The van der Waals surface area contributed by atoms with Gasteiger partial charge >= 0.3 is 71.6 Å². The van der Waals surface area contributed by atoms with E-state index in [0.29, 0.717) is 14.5 Å². The van der Waals surface area contributed by atoms with Gasteiger partial charge in [-0.3, -0.25) is 0 Å². The molecule has 0 radical (unpaired) electrons. The molecule has 0 spiro atoms. The summed E-state index contributed by atoms with van der Waals surface area (Å²) in [7, 11) is 0. The molecule has 0 nitrogen and oxygen atoms in total. The fourth-order valence-electron chi connectivity index (χ4n) is 0.423. The Labute approximate surface area is 71.3 Å².